The normalized spacial score (nSPS) is 13.2. The van der Waals surface area contributed by atoms with E-state index in [1.165, 1.54) is 12.1 Å². The van der Waals surface area contributed by atoms with Crippen LogP contribution in [-0.4, -0.2) is 25.5 Å². The molecule has 6 heteroatoms. The van der Waals surface area contributed by atoms with Crippen molar-refractivity contribution in [3.05, 3.63) is 29.8 Å². The van der Waals surface area contributed by atoms with Crippen molar-refractivity contribution in [2.24, 2.45) is 0 Å². The van der Waals surface area contributed by atoms with E-state index in [0.29, 0.717) is 6.42 Å². The minimum absolute atomic E-state index is 0.0878. The maximum atomic E-state index is 12.0. The Hall–Kier alpha value is -1.40. The lowest BCUT2D eigenvalue weighted by molar-refractivity contribution is -0.139. The van der Waals surface area contributed by atoms with Crippen molar-refractivity contribution in [3.63, 3.8) is 0 Å². The average Bonchev–Trinajstić information content (AvgIpc) is 2.28. The summed E-state index contributed by atoms with van der Waals surface area (Å²) in [5, 5.41) is 8.94. The number of carbonyl (C=O) groups is 1. The van der Waals surface area contributed by atoms with Crippen LogP contribution in [0.2, 0.25) is 0 Å². The molecule has 5 nitrogen and oxygen atoms in total. The smallest absolute Gasteiger partial charge is 0.321 e. The van der Waals surface area contributed by atoms with E-state index in [1.54, 1.807) is 26.0 Å². The SMILES string of the molecule is CCC[C@H](NS(=O)(=O)c1cccc(C)c1)C(=O)O. The van der Waals surface area contributed by atoms with Crippen molar-refractivity contribution in [1.29, 1.82) is 0 Å². The molecule has 1 rings (SSSR count). The molecule has 0 radical (unpaired) electrons. The minimum Gasteiger partial charge on any atom is -0.480 e. The van der Waals surface area contributed by atoms with Crippen molar-refractivity contribution in [3.8, 4) is 0 Å². The van der Waals surface area contributed by atoms with Gasteiger partial charge in [0.05, 0.1) is 4.90 Å². The zero-order valence-electron chi connectivity index (χ0n) is 10.4. The molecule has 1 aromatic rings. The molecule has 0 amide bonds. The molecule has 18 heavy (non-hydrogen) atoms. The van der Waals surface area contributed by atoms with E-state index < -0.39 is 22.0 Å². The number of carboxylic acids is 1. The number of aliphatic carboxylic acids is 1. The first-order valence-corrected chi connectivity index (χ1v) is 7.17. The monoisotopic (exact) mass is 271 g/mol. The second kappa shape index (κ2) is 5.97. The fourth-order valence-corrected chi connectivity index (χ4v) is 2.89. The summed E-state index contributed by atoms with van der Waals surface area (Å²) < 4.78 is 26.2. The van der Waals surface area contributed by atoms with Crippen LogP contribution in [0.4, 0.5) is 0 Å². The highest BCUT2D eigenvalue weighted by molar-refractivity contribution is 7.89. The number of rotatable bonds is 6. The molecule has 0 unspecified atom stereocenters. The van der Waals surface area contributed by atoms with Crippen LogP contribution in [0.1, 0.15) is 25.3 Å². The van der Waals surface area contributed by atoms with Crippen LogP contribution in [0.5, 0.6) is 0 Å². The average molecular weight is 271 g/mol. The van der Waals surface area contributed by atoms with Crippen LogP contribution in [0.25, 0.3) is 0 Å². The number of hydrogen-bond acceptors (Lipinski definition) is 3. The summed E-state index contributed by atoms with van der Waals surface area (Å²) in [6.07, 6.45) is 0.855. The van der Waals surface area contributed by atoms with Crippen molar-refractivity contribution in [1.82, 2.24) is 4.72 Å². The van der Waals surface area contributed by atoms with Crippen LogP contribution < -0.4 is 4.72 Å². The van der Waals surface area contributed by atoms with E-state index in [-0.39, 0.29) is 11.3 Å². The molecule has 2 N–H and O–H groups in total. The molecule has 0 aromatic heterocycles. The summed E-state index contributed by atoms with van der Waals surface area (Å²) in [7, 11) is -3.78. The molecular weight excluding hydrogens is 254 g/mol. The first-order chi connectivity index (χ1) is 8.36. The first-order valence-electron chi connectivity index (χ1n) is 5.68. The first kappa shape index (κ1) is 14.7. The third kappa shape index (κ3) is 3.82. The van der Waals surface area contributed by atoms with Gasteiger partial charge in [-0.2, -0.15) is 4.72 Å². The predicted octanol–water partition coefficient (Wildman–Crippen LogP) is 1.53. The van der Waals surface area contributed by atoms with Gasteiger partial charge in [0, 0.05) is 0 Å². The zero-order chi connectivity index (χ0) is 13.8. The van der Waals surface area contributed by atoms with E-state index in [4.69, 9.17) is 5.11 Å². The van der Waals surface area contributed by atoms with Gasteiger partial charge >= 0.3 is 5.97 Å². The molecule has 0 saturated carbocycles. The summed E-state index contributed by atoms with van der Waals surface area (Å²) in [6, 6.07) is 5.27. The summed E-state index contributed by atoms with van der Waals surface area (Å²) in [5.74, 6) is -1.16. The molecule has 0 bridgehead atoms. The lowest BCUT2D eigenvalue weighted by Gasteiger charge is -2.14. The van der Waals surface area contributed by atoms with Gasteiger partial charge in [-0.05, 0) is 31.0 Å². The molecule has 0 saturated heterocycles. The van der Waals surface area contributed by atoms with Gasteiger partial charge in [-0.1, -0.05) is 25.5 Å². The summed E-state index contributed by atoms with van der Waals surface area (Å²) in [5.41, 5.74) is 0.806. The predicted molar refractivity (Wildman–Crippen MR) is 67.8 cm³/mol. The number of aryl methyl sites for hydroxylation is 1. The Morgan fingerprint density at radius 3 is 2.61 bits per heavy atom. The van der Waals surface area contributed by atoms with Crippen LogP contribution in [-0.2, 0) is 14.8 Å². The highest BCUT2D eigenvalue weighted by Crippen LogP contribution is 2.12. The Kier molecular flexibility index (Phi) is 4.86. The molecule has 1 atom stereocenters. The van der Waals surface area contributed by atoms with Crippen LogP contribution in [0.3, 0.4) is 0 Å². The molecular formula is C12H17NO4S. The molecule has 0 aliphatic rings. The topological polar surface area (TPSA) is 83.5 Å². The Morgan fingerprint density at radius 1 is 1.44 bits per heavy atom. The van der Waals surface area contributed by atoms with Crippen molar-refractivity contribution in [2.75, 3.05) is 0 Å². The zero-order valence-corrected chi connectivity index (χ0v) is 11.2. The maximum Gasteiger partial charge on any atom is 0.321 e. The Bertz CT molecular complexity index is 525. The van der Waals surface area contributed by atoms with E-state index in [0.717, 1.165) is 5.56 Å². The van der Waals surface area contributed by atoms with Gasteiger partial charge in [0.2, 0.25) is 10.0 Å². The Morgan fingerprint density at radius 2 is 2.11 bits per heavy atom. The highest BCUT2D eigenvalue weighted by Gasteiger charge is 2.24. The number of carboxylic acid groups (broad SMARTS) is 1. The quantitative estimate of drug-likeness (QED) is 0.821. The molecule has 100 valence electrons. The largest absolute Gasteiger partial charge is 0.480 e. The van der Waals surface area contributed by atoms with E-state index in [9.17, 15) is 13.2 Å². The minimum atomic E-state index is -3.78. The summed E-state index contributed by atoms with van der Waals surface area (Å²) >= 11 is 0. The van der Waals surface area contributed by atoms with Crippen LogP contribution >= 0.6 is 0 Å². The van der Waals surface area contributed by atoms with Crippen molar-refractivity contribution in [2.45, 2.75) is 37.6 Å². The standard InChI is InChI=1S/C12H17NO4S/c1-3-5-11(12(14)15)13-18(16,17)10-7-4-6-9(2)8-10/h4,6-8,11,13H,3,5H2,1-2H3,(H,14,15)/t11-/m0/s1. The van der Waals surface area contributed by atoms with Crippen LogP contribution in [0, 0.1) is 6.92 Å². The molecule has 0 spiro atoms. The summed E-state index contributed by atoms with van der Waals surface area (Å²) in [4.78, 5) is 11.0. The number of hydrogen-bond donors (Lipinski definition) is 2. The summed E-state index contributed by atoms with van der Waals surface area (Å²) in [6.45, 7) is 3.58. The maximum absolute atomic E-state index is 12.0. The van der Waals surface area contributed by atoms with Crippen LogP contribution in [0.15, 0.2) is 29.2 Å². The number of nitrogens with one attached hydrogen (secondary N) is 1. The third-order valence-corrected chi connectivity index (χ3v) is 3.94. The van der Waals surface area contributed by atoms with Gasteiger partial charge < -0.3 is 5.11 Å². The Balaban J connectivity index is 2.97. The molecule has 0 aliphatic carbocycles. The molecule has 1 aromatic carbocycles. The van der Waals surface area contributed by atoms with Gasteiger partial charge in [-0.3, -0.25) is 4.79 Å². The van der Waals surface area contributed by atoms with Crippen molar-refractivity contribution < 1.29 is 18.3 Å². The Labute approximate surface area is 107 Å². The van der Waals surface area contributed by atoms with Gasteiger partial charge in [0.1, 0.15) is 6.04 Å². The van der Waals surface area contributed by atoms with Crippen molar-refractivity contribution >= 4 is 16.0 Å². The van der Waals surface area contributed by atoms with E-state index in [2.05, 4.69) is 4.72 Å². The molecule has 0 fully saturated rings. The second-order valence-electron chi connectivity index (χ2n) is 4.12. The van der Waals surface area contributed by atoms with Gasteiger partial charge in [0.15, 0.2) is 0 Å². The lowest BCUT2D eigenvalue weighted by Crippen LogP contribution is -2.40. The third-order valence-electron chi connectivity index (χ3n) is 2.47. The molecule has 0 heterocycles. The lowest BCUT2D eigenvalue weighted by atomic mass is 10.2. The number of benzene rings is 1. The van der Waals surface area contributed by atoms with Gasteiger partial charge in [-0.15, -0.1) is 0 Å². The van der Waals surface area contributed by atoms with Gasteiger partial charge in [0.25, 0.3) is 0 Å². The fourth-order valence-electron chi connectivity index (χ4n) is 1.56. The molecule has 0 aliphatic heterocycles. The number of sulfonamides is 1. The van der Waals surface area contributed by atoms with E-state index >= 15 is 0 Å². The highest BCUT2D eigenvalue weighted by atomic mass is 32.2. The van der Waals surface area contributed by atoms with Gasteiger partial charge in [-0.25, -0.2) is 8.42 Å². The fraction of sp³-hybridized carbons (Fsp3) is 0.417. The second-order valence-corrected chi connectivity index (χ2v) is 5.83. The van der Waals surface area contributed by atoms with E-state index in [1.807, 2.05) is 0 Å².